The summed E-state index contributed by atoms with van der Waals surface area (Å²) in [4.78, 5) is 9.61. The molecule has 5 nitrogen and oxygen atoms in total. The van der Waals surface area contributed by atoms with Crippen LogP contribution < -0.4 is 5.73 Å². The van der Waals surface area contributed by atoms with Gasteiger partial charge in [0.15, 0.2) is 5.16 Å². The number of nitrogens with zero attached hydrogens (tertiary/aromatic N) is 3. The molecular formula is C12H11N5S. The van der Waals surface area contributed by atoms with Crippen molar-refractivity contribution in [1.82, 2.24) is 20.2 Å². The zero-order valence-corrected chi connectivity index (χ0v) is 10.3. The number of aromatic amines is 1. The second-order valence-electron chi connectivity index (χ2n) is 3.73. The normalized spacial score (nSPS) is 10.9. The summed E-state index contributed by atoms with van der Waals surface area (Å²) < 4.78 is 0. The molecule has 18 heavy (non-hydrogen) atoms. The van der Waals surface area contributed by atoms with E-state index in [2.05, 4.69) is 20.2 Å². The monoisotopic (exact) mass is 257 g/mol. The van der Waals surface area contributed by atoms with Gasteiger partial charge in [-0.3, -0.25) is 10.1 Å². The van der Waals surface area contributed by atoms with Gasteiger partial charge in [-0.25, -0.2) is 4.98 Å². The Hall–Kier alpha value is -1.92. The number of rotatable bonds is 3. The Morgan fingerprint density at radius 3 is 2.89 bits per heavy atom. The average molecular weight is 257 g/mol. The molecule has 6 heteroatoms. The highest BCUT2D eigenvalue weighted by Crippen LogP contribution is 2.33. The van der Waals surface area contributed by atoms with Crippen LogP contribution in [0, 0.1) is 0 Å². The molecule has 0 aliphatic heterocycles. The molecule has 0 amide bonds. The first-order valence-corrected chi connectivity index (χ1v) is 6.30. The highest BCUT2D eigenvalue weighted by molar-refractivity contribution is 7.99. The molecule has 2 aromatic heterocycles. The number of pyridine rings is 1. The lowest BCUT2D eigenvalue weighted by atomic mass is 10.1. The van der Waals surface area contributed by atoms with Gasteiger partial charge in [-0.15, -0.1) is 0 Å². The maximum absolute atomic E-state index is 5.77. The van der Waals surface area contributed by atoms with E-state index in [9.17, 15) is 0 Å². The number of H-pyrrole nitrogens is 1. The standard InChI is InChI=1S/C12H11N5S/c13-5-8-6-14-10-4-2-1-3-9(10)11(8)18-12-15-7-16-17-12/h1-4,6-7H,5,13H2,(H,15,16,17). The summed E-state index contributed by atoms with van der Waals surface area (Å²) >= 11 is 1.53. The summed E-state index contributed by atoms with van der Waals surface area (Å²) in [5, 5.41) is 8.53. The van der Waals surface area contributed by atoms with Gasteiger partial charge in [0, 0.05) is 23.0 Å². The molecule has 0 aliphatic rings. The maximum atomic E-state index is 5.77. The van der Waals surface area contributed by atoms with E-state index in [0.29, 0.717) is 6.54 Å². The van der Waals surface area contributed by atoms with Crippen molar-refractivity contribution in [2.75, 3.05) is 0 Å². The van der Waals surface area contributed by atoms with Gasteiger partial charge in [0.2, 0.25) is 0 Å². The van der Waals surface area contributed by atoms with Crippen LogP contribution in [0.5, 0.6) is 0 Å². The molecule has 90 valence electrons. The van der Waals surface area contributed by atoms with Gasteiger partial charge in [0.25, 0.3) is 0 Å². The fraction of sp³-hybridized carbons (Fsp3) is 0.0833. The number of nitrogens with two attached hydrogens (primary N) is 1. The fourth-order valence-corrected chi connectivity index (χ4v) is 2.70. The molecule has 3 rings (SSSR count). The third-order valence-electron chi connectivity index (χ3n) is 2.61. The summed E-state index contributed by atoms with van der Waals surface area (Å²) in [7, 11) is 0. The molecule has 0 saturated carbocycles. The number of benzene rings is 1. The maximum Gasteiger partial charge on any atom is 0.188 e. The van der Waals surface area contributed by atoms with Gasteiger partial charge < -0.3 is 5.73 Å². The fourth-order valence-electron chi connectivity index (χ4n) is 1.76. The second kappa shape index (κ2) is 4.75. The SMILES string of the molecule is NCc1cnc2ccccc2c1Sc1ncn[nH]1. The molecule has 3 N–H and O–H groups in total. The van der Waals surface area contributed by atoms with Gasteiger partial charge >= 0.3 is 0 Å². The van der Waals surface area contributed by atoms with E-state index in [1.54, 1.807) is 0 Å². The number of hydrogen-bond donors (Lipinski definition) is 2. The zero-order chi connectivity index (χ0) is 12.4. The largest absolute Gasteiger partial charge is 0.326 e. The summed E-state index contributed by atoms with van der Waals surface area (Å²) in [5.41, 5.74) is 7.74. The quantitative estimate of drug-likeness (QED) is 0.749. The van der Waals surface area contributed by atoms with Gasteiger partial charge in [-0.05, 0) is 23.4 Å². The van der Waals surface area contributed by atoms with Crippen molar-refractivity contribution >= 4 is 22.7 Å². The Kier molecular flexibility index (Phi) is 2.95. The van der Waals surface area contributed by atoms with E-state index < -0.39 is 0 Å². The summed E-state index contributed by atoms with van der Waals surface area (Å²) in [5.74, 6) is 0. The minimum Gasteiger partial charge on any atom is -0.326 e. The molecule has 1 aromatic carbocycles. The molecule has 0 radical (unpaired) electrons. The van der Waals surface area contributed by atoms with Gasteiger partial charge in [-0.1, -0.05) is 18.2 Å². The molecule has 0 aliphatic carbocycles. The molecule has 0 unspecified atom stereocenters. The predicted octanol–water partition coefficient (Wildman–Crippen LogP) is 1.96. The van der Waals surface area contributed by atoms with Crippen molar-refractivity contribution in [3.05, 3.63) is 42.4 Å². The Labute approximate surface area is 108 Å². The van der Waals surface area contributed by atoms with E-state index in [1.807, 2.05) is 30.5 Å². The van der Waals surface area contributed by atoms with Crippen LogP contribution in [-0.4, -0.2) is 20.2 Å². The van der Waals surface area contributed by atoms with Crippen molar-refractivity contribution in [3.8, 4) is 0 Å². The van der Waals surface area contributed by atoms with Crippen LogP contribution in [0.4, 0.5) is 0 Å². The zero-order valence-electron chi connectivity index (χ0n) is 9.50. The first-order valence-electron chi connectivity index (χ1n) is 5.48. The van der Waals surface area contributed by atoms with Crippen molar-refractivity contribution < 1.29 is 0 Å². The molecule has 0 saturated heterocycles. The lowest BCUT2D eigenvalue weighted by molar-refractivity contribution is 0.967. The van der Waals surface area contributed by atoms with E-state index >= 15 is 0 Å². The van der Waals surface area contributed by atoms with Crippen LogP contribution in [0.15, 0.2) is 46.8 Å². The van der Waals surface area contributed by atoms with Crippen molar-refractivity contribution in [2.24, 2.45) is 5.73 Å². The van der Waals surface area contributed by atoms with E-state index in [4.69, 9.17) is 5.73 Å². The van der Waals surface area contributed by atoms with Gasteiger partial charge in [-0.2, -0.15) is 5.10 Å². The number of para-hydroxylation sites is 1. The Bertz CT molecular complexity index is 665. The van der Waals surface area contributed by atoms with E-state index in [-0.39, 0.29) is 0 Å². The minimum atomic E-state index is 0.453. The second-order valence-corrected chi connectivity index (χ2v) is 4.73. The minimum absolute atomic E-state index is 0.453. The van der Waals surface area contributed by atoms with E-state index in [0.717, 1.165) is 26.5 Å². The highest BCUT2D eigenvalue weighted by Gasteiger charge is 2.10. The van der Waals surface area contributed by atoms with Crippen LogP contribution in [0.25, 0.3) is 10.9 Å². The third-order valence-corrected chi connectivity index (χ3v) is 3.69. The lowest BCUT2D eigenvalue weighted by Crippen LogP contribution is -2.00. The summed E-state index contributed by atoms with van der Waals surface area (Å²) in [6, 6.07) is 8.00. The first-order chi connectivity index (χ1) is 8.88. The van der Waals surface area contributed by atoms with Crippen LogP contribution in [0.1, 0.15) is 5.56 Å². The third kappa shape index (κ3) is 1.96. The average Bonchev–Trinajstić information content (AvgIpc) is 2.92. The molecule has 0 spiro atoms. The first kappa shape index (κ1) is 11.2. The van der Waals surface area contributed by atoms with E-state index in [1.165, 1.54) is 18.1 Å². The van der Waals surface area contributed by atoms with Gasteiger partial charge in [0.1, 0.15) is 6.33 Å². The lowest BCUT2D eigenvalue weighted by Gasteiger charge is -2.08. The van der Waals surface area contributed by atoms with Gasteiger partial charge in [0.05, 0.1) is 5.52 Å². The Morgan fingerprint density at radius 2 is 2.11 bits per heavy atom. The Morgan fingerprint density at radius 1 is 1.22 bits per heavy atom. The topological polar surface area (TPSA) is 80.5 Å². The number of hydrogen-bond acceptors (Lipinski definition) is 5. The molecule has 3 aromatic rings. The highest BCUT2D eigenvalue weighted by atomic mass is 32.2. The molecule has 0 bridgehead atoms. The summed E-state index contributed by atoms with van der Waals surface area (Å²) in [6.45, 7) is 0.453. The predicted molar refractivity (Wildman–Crippen MR) is 70.1 cm³/mol. The van der Waals surface area contributed by atoms with Crippen LogP contribution in [0.3, 0.4) is 0 Å². The number of aromatic nitrogens is 4. The summed E-state index contributed by atoms with van der Waals surface area (Å²) in [6.07, 6.45) is 3.31. The molecular weight excluding hydrogens is 246 g/mol. The molecule has 2 heterocycles. The van der Waals surface area contributed by atoms with Crippen LogP contribution >= 0.6 is 11.8 Å². The number of nitrogens with one attached hydrogen (secondary N) is 1. The van der Waals surface area contributed by atoms with Crippen molar-refractivity contribution in [2.45, 2.75) is 16.6 Å². The Balaban J connectivity index is 2.17. The molecule has 0 fully saturated rings. The number of fused-ring (bicyclic) bond motifs is 1. The van der Waals surface area contributed by atoms with Crippen molar-refractivity contribution in [1.29, 1.82) is 0 Å². The van der Waals surface area contributed by atoms with Crippen molar-refractivity contribution in [3.63, 3.8) is 0 Å². The molecule has 0 atom stereocenters. The van der Waals surface area contributed by atoms with Crippen LogP contribution in [0.2, 0.25) is 0 Å². The van der Waals surface area contributed by atoms with Crippen LogP contribution in [-0.2, 0) is 6.54 Å². The smallest absolute Gasteiger partial charge is 0.188 e.